The van der Waals surface area contributed by atoms with Gasteiger partial charge in [-0.1, -0.05) is 50.6 Å². The molecule has 4 nitrogen and oxygen atoms in total. The van der Waals surface area contributed by atoms with E-state index in [-0.39, 0.29) is 22.2 Å². The van der Waals surface area contributed by atoms with Crippen LogP contribution in [-0.2, 0) is 10.2 Å². The van der Waals surface area contributed by atoms with Crippen molar-refractivity contribution in [1.82, 2.24) is 5.32 Å². The van der Waals surface area contributed by atoms with Crippen LogP contribution < -0.4 is 10.6 Å². The molecule has 2 aromatic rings. The van der Waals surface area contributed by atoms with Crippen LogP contribution in [0.4, 0.5) is 5.69 Å². The molecule has 0 saturated heterocycles. The van der Waals surface area contributed by atoms with Crippen molar-refractivity contribution in [3.8, 4) is 5.75 Å². The van der Waals surface area contributed by atoms with E-state index in [0.29, 0.717) is 10.7 Å². The van der Waals surface area contributed by atoms with Crippen LogP contribution in [0.25, 0.3) is 6.08 Å². The first-order valence-corrected chi connectivity index (χ1v) is 8.83. The predicted octanol–water partition coefficient (Wildman–Crippen LogP) is 4.87. The number of phenolic OH excluding ortho intramolecular Hbond substituents is 1. The lowest BCUT2D eigenvalue weighted by Crippen LogP contribution is -2.32. The van der Waals surface area contributed by atoms with Crippen LogP contribution in [0.5, 0.6) is 5.75 Å². The minimum absolute atomic E-state index is 0.0614. The third-order valence-electron chi connectivity index (χ3n) is 3.64. The van der Waals surface area contributed by atoms with E-state index in [1.165, 1.54) is 6.08 Å². The fourth-order valence-electron chi connectivity index (χ4n) is 2.16. The highest BCUT2D eigenvalue weighted by Gasteiger charge is 2.16. The lowest BCUT2D eigenvalue weighted by molar-refractivity contribution is -0.115. The summed E-state index contributed by atoms with van der Waals surface area (Å²) in [6.45, 7) is 6.22. The molecule has 0 heterocycles. The Morgan fingerprint density at radius 3 is 2.42 bits per heavy atom. The largest absolute Gasteiger partial charge is 0.506 e. The minimum atomic E-state index is -0.371. The van der Waals surface area contributed by atoms with Crippen molar-refractivity contribution in [2.24, 2.45) is 0 Å². The first-order valence-electron chi connectivity index (χ1n) is 8.04. The van der Waals surface area contributed by atoms with Gasteiger partial charge in [-0.2, -0.15) is 0 Å². The zero-order valence-corrected chi connectivity index (χ0v) is 16.4. The van der Waals surface area contributed by atoms with Crippen LogP contribution >= 0.6 is 23.8 Å². The third kappa shape index (κ3) is 5.86. The van der Waals surface area contributed by atoms with Gasteiger partial charge in [0.25, 0.3) is 0 Å². The number of amides is 1. The Hall–Kier alpha value is -2.37. The zero-order valence-electron chi connectivity index (χ0n) is 14.8. The fourth-order valence-corrected chi connectivity index (χ4v) is 2.49. The number of hydrogen-bond acceptors (Lipinski definition) is 3. The van der Waals surface area contributed by atoms with Crippen LogP contribution in [0.3, 0.4) is 0 Å². The lowest BCUT2D eigenvalue weighted by atomic mass is 9.87. The summed E-state index contributed by atoms with van der Waals surface area (Å²) in [5.41, 5.74) is 2.26. The quantitative estimate of drug-likeness (QED) is 0.399. The number of rotatable bonds is 3. The van der Waals surface area contributed by atoms with Gasteiger partial charge in [0.05, 0.1) is 5.69 Å². The van der Waals surface area contributed by atoms with Gasteiger partial charge in [0.15, 0.2) is 5.11 Å². The zero-order chi connectivity index (χ0) is 19.3. The number of carbonyl (C=O) groups is 1. The molecule has 0 unspecified atom stereocenters. The van der Waals surface area contributed by atoms with Crippen LogP contribution in [-0.4, -0.2) is 16.1 Å². The maximum atomic E-state index is 12.0. The number of anilines is 1. The Morgan fingerprint density at radius 1 is 1.15 bits per heavy atom. The topological polar surface area (TPSA) is 61.4 Å². The smallest absolute Gasteiger partial charge is 0.250 e. The second kappa shape index (κ2) is 8.34. The maximum Gasteiger partial charge on any atom is 0.250 e. The number of phenols is 1. The molecule has 2 rings (SSSR count). The molecule has 0 spiro atoms. The van der Waals surface area contributed by atoms with Crippen LogP contribution in [0.15, 0.2) is 48.5 Å². The van der Waals surface area contributed by atoms with Gasteiger partial charge >= 0.3 is 0 Å². The van der Waals surface area contributed by atoms with Crippen LogP contribution in [0.2, 0.25) is 5.02 Å². The monoisotopic (exact) mass is 388 g/mol. The second-order valence-electron chi connectivity index (χ2n) is 6.81. The average molecular weight is 389 g/mol. The molecule has 0 aliphatic carbocycles. The van der Waals surface area contributed by atoms with Crippen molar-refractivity contribution >= 4 is 46.6 Å². The Kier molecular flexibility index (Phi) is 6.40. The van der Waals surface area contributed by atoms with E-state index >= 15 is 0 Å². The molecule has 26 heavy (non-hydrogen) atoms. The molecular weight excluding hydrogens is 368 g/mol. The Morgan fingerprint density at radius 2 is 1.81 bits per heavy atom. The van der Waals surface area contributed by atoms with E-state index in [0.717, 1.165) is 11.1 Å². The maximum absolute atomic E-state index is 12.0. The van der Waals surface area contributed by atoms with Gasteiger partial charge in [0.1, 0.15) is 5.75 Å². The Balaban J connectivity index is 2.00. The van der Waals surface area contributed by atoms with Gasteiger partial charge in [0.2, 0.25) is 5.91 Å². The van der Waals surface area contributed by atoms with Crippen LogP contribution in [0, 0.1) is 0 Å². The molecule has 0 radical (unpaired) electrons. The summed E-state index contributed by atoms with van der Waals surface area (Å²) in [5, 5.41) is 16.2. The first kappa shape index (κ1) is 19.9. The Labute approximate surface area is 163 Å². The van der Waals surface area contributed by atoms with E-state index in [1.54, 1.807) is 36.4 Å². The summed E-state index contributed by atoms with van der Waals surface area (Å²) in [6, 6.07) is 12.4. The fraction of sp³-hybridized carbons (Fsp3) is 0.200. The molecule has 0 aromatic heterocycles. The molecule has 2 aromatic carbocycles. The number of nitrogens with one attached hydrogen (secondary N) is 2. The number of hydrogen-bond donors (Lipinski definition) is 3. The van der Waals surface area contributed by atoms with Crippen LogP contribution in [0.1, 0.15) is 31.9 Å². The van der Waals surface area contributed by atoms with Crippen molar-refractivity contribution in [2.75, 3.05) is 5.32 Å². The summed E-state index contributed by atoms with van der Waals surface area (Å²) in [7, 11) is 0. The molecule has 0 aliphatic rings. The molecule has 0 bridgehead atoms. The van der Waals surface area contributed by atoms with Gasteiger partial charge < -0.3 is 10.4 Å². The van der Waals surface area contributed by atoms with Crippen molar-refractivity contribution in [3.05, 3.63) is 64.7 Å². The van der Waals surface area contributed by atoms with Crippen molar-refractivity contribution in [3.63, 3.8) is 0 Å². The van der Waals surface area contributed by atoms with Gasteiger partial charge in [-0.25, -0.2) is 0 Å². The van der Waals surface area contributed by atoms with Gasteiger partial charge in [-0.3, -0.25) is 10.1 Å². The highest BCUT2D eigenvalue weighted by molar-refractivity contribution is 7.80. The van der Waals surface area contributed by atoms with Gasteiger partial charge in [0, 0.05) is 11.1 Å². The van der Waals surface area contributed by atoms with E-state index < -0.39 is 0 Å². The molecule has 6 heteroatoms. The van der Waals surface area contributed by atoms with E-state index in [4.69, 9.17) is 23.8 Å². The molecule has 0 fully saturated rings. The van der Waals surface area contributed by atoms with Crippen molar-refractivity contribution in [2.45, 2.75) is 26.2 Å². The number of carbonyl (C=O) groups excluding carboxylic acids is 1. The highest BCUT2D eigenvalue weighted by atomic mass is 35.5. The molecular formula is C20H21ClN2O2S. The van der Waals surface area contributed by atoms with Gasteiger partial charge in [-0.15, -0.1) is 0 Å². The number of benzene rings is 2. The minimum Gasteiger partial charge on any atom is -0.506 e. The molecule has 3 N–H and O–H groups in total. The first-order chi connectivity index (χ1) is 12.1. The summed E-state index contributed by atoms with van der Waals surface area (Å²) < 4.78 is 0. The van der Waals surface area contributed by atoms with E-state index in [1.807, 2.05) is 12.1 Å². The van der Waals surface area contributed by atoms with Crippen molar-refractivity contribution in [1.29, 1.82) is 0 Å². The molecule has 136 valence electrons. The summed E-state index contributed by atoms with van der Waals surface area (Å²) >= 11 is 11.0. The van der Waals surface area contributed by atoms with E-state index in [9.17, 15) is 9.90 Å². The summed E-state index contributed by atoms with van der Waals surface area (Å²) in [6.07, 6.45) is 3.04. The molecule has 0 saturated carbocycles. The predicted molar refractivity (Wildman–Crippen MR) is 112 cm³/mol. The van der Waals surface area contributed by atoms with Crippen molar-refractivity contribution < 1.29 is 9.90 Å². The normalized spacial score (nSPS) is 11.4. The summed E-state index contributed by atoms with van der Waals surface area (Å²) in [5.74, 6) is -0.310. The standard InChI is InChI=1S/C20H21ClN2O2S/c1-20(2,3)14-7-10-17(24)16(12-14)22-19(26)23-18(25)11-6-13-4-8-15(21)9-5-13/h4-12,24H,1-3H3,(H2,22,23,25,26)/b11-6+. The number of thiocarbonyl (C=S) groups is 1. The highest BCUT2D eigenvalue weighted by Crippen LogP contribution is 2.30. The van der Waals surface area contributed by atoms with E-state index in [2.05, 4.69) is 31.4 Å². The SMILES string of the molecule is CC(C)(C)c1ccc(O)c(NC(=S)NC(=O)/C=C/c2ccc(Cl)cc2)c1. The lowest BCUT2D eigenvalue weighted by Gasteiger charge is -2.20. The second-order valence-corrected chi connectivity index (χ2v) is 7.65. The average Bonchev–Trinajstić information content (AvgIpc) is 2.55. The number of aromatic hydroxyl groups is 1. The third-order valence-corrected chi connectivity index (χ3v) is 4.10. The summed E-state index contributed by atoms with van der Waals surface area (Å²) in [4.78, 5) is 12.0. The Bertz CT molecular complexity index is 840. The molecule has 0 atom stereocenters. The molecule has 1 amide bonds. The van der Waals surface area contributed by atoms with Gasteiger partial charge in [-0.05, 0) is 59.1 Å². The molecule has 0 aliphatic heterocycles. The number of halogens is 1.